The molecule has 1 aromatic rings. The maximum atomic E-state index is 12.1. The number of carbonyl (C=O) groups excluding carboxylic acids is 1. The Labute approximate surface area is 124 Å². The van der Waals surface area contributed by atoms with E-state index in [-0.39, 0.29) is 16.2 Å². The van der Waals surface area contributed by atoms with Crippen LogP contribution in [0, 0.1) is 5.41 Å². The number of halogens is 1. The number of hydrogen-bond acceptors (Lipinski definition) is 3. The first-order valence-corrected chi connectivity index (χ1v) is 8.93. The number of amides is 1. The molecule has 0 bridgehead atoms. The van der Waals surface area contributed by atoms with Crippen molar-refractivity contribution in [3.8, 4) is 0 Å². The standard InChI is InChI=1S/C14H18ClNO3S/c1-20(18,19)12-4-2-3-11(9-12)13(17)16-10-14(5-6-14)7-8-15/h2-4,9H,5-8,10H2,1H3,(H,16,17). The Hall–Kier alpha value is -1.07. The van der Waals surface area contributed by atoms with Crippen molar-refractivity contribution in [3.05, 3.63) is 29.8 Å². The van der Waals surface area contributed by atoms with E-state index in [1.165, 1.54) is 12.1 Å². The van der Waals surface area contributed by atoms with Crippen LogP contribution in [0.25, 0.3) is 0 Å². The van der Waals surface area contributed by atoms with Gasteiger partial charge >= 0.3 is 0 Å². The summed E-state index contributed by atoms with van der Waals surface area (Å²) >= 11 is 5.75. The number of sulfone groups is 1. The smallest absolute Gasteiger partial charge is 0.251 e. The van der Waals surface area contributed by atoms with Crippen LogP contribution < -0.4 is 5.32 Å². The molecule has 0 spiro atoms. The summed E-state index contributed by atoms with van der Waals surface area (Å²) in [6.07, 6.45) is 4.20. The van der Waals surface area contributed by atoms with Gasteiger partial charge in [0.2, 0.25) is 0 Å². The van der Waals surface area contributed by atoms with Gasteiger partial charge in [-0.15, -0.1) is 11.6 Å². The van der Waals surface area contributed by atoms with Gasteiger partial charge in [0, 0.05) is 24.2 Å². The molecular formula is C14H18ClNO3S. The first kappa shape index (κ1) is 15.3. The zero-order chi connectivity index (χ0) is 14.8. The molecule has 20 heavy (non-hydrogen) atoms. The lowest BCUT2D eigenvalue weighted by atomic mass is 10.0. The minimum absolute atomic E-state index is 0.159. The third-order valence-corrected chi connectivity index (χ3v) is 5.03. The molecular weight excluding hydrogens is 298 g/mol. The second kappa shape index (κ2) is 5.74. The summed E-state index contributed by atoms with van der Waals surface area (Å²) in [6, 6.07) is 6.09. The average molecular weight is 316 g/mol. The van der Waals surface area contributed by atoms with Crippen LogP contribution in [0.4, 0.5) is 0 Å². The Morgan fingerprint density at radius 3 is 2.65 bits per heavy atom. The van der Waals surface area contributed by atoms with E-state index >= 15 is 0 Å². The fourth-order valence-corrected chi connectivity index (χ4v) is 3.20. The molecule has 1 saturated carbocycles. The van der Waals surface area contributed by atoms with Gasteiger partial charge in [0.25, 0.3) is 5.91 Å². The Morgan fingerprint density at radius 2 is 2.10 bits per heavy atom. The summed E-state index contributed by atoms with van der Waals surface area (Å²) < 4.78 is 22.9. The molecule has 1 aromatic carbocycles. The summed E-state index contributed by atoms with van der Waals surface area (Å²) in [7, 11) is -3.30. The Bertz CT molecular complexity index is 609. The van der Waals surface area contributed by atoms with Crippen LogP contribution in [0.5, 0.6) is 0 Å². The second-order valence-electron chi connectivity index (χ2n) is 5.42. The van der Waals surface area contributed by atoms with Crippen molar-refractivity contribution in [1.29, 1.82) is 0 Å². The molecule has 6 heteroatoms. The van der Waals surface area contributed by atoms with Crippen molar-refractivity contribution in [2.75, 3.05) is 18.7 Å². The minimum atomic E-state index is -3.30. The first-order chi connectivity index (χ1) is 9.36. The average Bonchev–Trinajstić information content (AvgIpc) is 3.16. The van der Waals surface area contributed by atoms with Crippen LogP contribution >= 0.6 is 11.6 Å². The highest BCUT2D eigenvalue weighted by Gasteiger charge is 2.41. The van der Waals surface area contributed by atoms with E-state index in [1.54, 1.807) is 12.1 Å². The van der Waals surface area contributed by atoms with Gasteiger partial charge in [0.05, 0.1) is 4.90 Å². The van der Waals surface area contributed by atoms with Gasteiger partial charge in [-0.25, -0.2) is 8.42 Å². The molecule has 1 N–H and O–H groups in total. The lowest BCUT2D eigenvalue weighted by Crippen LogP contribution is -2.30. The monoisotopic (exact) mass is 315 g/mol. The summed E-state index contributed by atoms with van der Waals surface area (Å²) in [5, 5.41) is 2.87. The molecule has 0 radical (unpaired) electrons. The van der Waals surface area contributed by atoms with Gasteiger partial charge in [-0.3, -0.25) is 4.79 Å². The largest absolute Gasteiger partial charge is 0.351 e. The van der Waals surface area contributed by atoms with Crippen LogP contribution in [-0.4, -0.2) is 33.0 Å². The van der Waals surface area contributed by atoms with Gasteiger partial charge in [0.1, 0.15) is 0 Å². The molecule has 0 aromatic heterocycles. The van der Waals surface area contributed by atoms with Crippen LogP contribution in [0.15, 0.2) is 29.2 Å². The van der Waals surface area contributed by atoms with E-state index in [9.17, 15) is 13.2 Å². The van der Waals surface area contributed by atoms with Gasteiger partial charge in [0.15, 0.2) is 9.84 Å². The lowest BCUT2D eigenvalue weighted by molar-refractivity contribution is 0.0944. The van der Waals surface area contributed by atoms with Crippen molar-refractivity contribution >= 4 is 27.3 Å². The molecule has 0 unspecified atom stereocenters. The van der Waals surface area contributed by atoms with E-state index in [4.69, 9.17) is 11.6 Å². The molecule has 110 valence electrons. The molecule has 0 aliphatic heterocycles. The highest BCUT2D eigenvalue weighted by Crippen LogP contribution is 2.48. The van der Waals surface area contributed by atoms with Crippen molar-refractivity contribution in [1.82, 2.24) is 5.32 Å². The summed E-state index contributed by atoms with van der Waals surface area (Å²) in [4.78, 5) is 12.2. The normalized spacial score (nSPS) is 16.7. The molecule has 1 amide bonds. The minimum Gasteiger partial charge on any atom is -0.351 e. The molecule has 1 fully saturated rings. The summed E-state index contributed by atoms with van der Waals surface area (Å²) in [6.45, 7) is 0.599. The number of carbonyl (C=O) groups is 1. The van der Waals surface area contributed by atoms with E-state index < -0.39 is 9.84 Å². The van der Waals surface area contributed by atoms with Gasteiger partial charge in [-0.2, -0.15) is 0 Å². The highest BCUT2D eigenvalue weighted by atomic mass is 35.5. The predicted octanol–water partition coefficient (Wildman–Crippen LogP) is 2.23. The zero-order valence-corrected chi connectivity index (χ0v) is 12.9. The third kappa shape index (κ3) is 3.73. The van der Waals surface area contributed by atoms with E-state index in [2.05, 4.69) is 5.32 Å². The number of hydrogen-bond donors (Lipinski definition) is 1. The molecule has 0 heterocycles. The topological polar surface area (TPSA) is 63.2 Å². The highest BCUT2D eigenvalue weighted by molar-refractivity contribution is 7.90. The molecule has 4 nitrogen and oxygen atoms in total. The first-order valence-electron chi connectivity index (χ1n) is 6.51. The van der Waals surface area contributed by atoms with Crippen molar-refractivity contribution < 1.29 is 13.2 Å². The Balaban J connectivity index is 2.03. The van der Waals surface area contributed by atoms with Crippen molar-refractivity contribution in [2.45, 2.75) is 24.2 Å². The van der Waals surface area contributed by atoms with Gasteiger partial charge in [-0.1, -0.05) is 6.07 Å². The Morgan fingerprint density at radius 1 is 1.40 bits per heavy atom. The number of benzene rings is 1. The van der Waals surface area contributed by atoms with Crippen LogP contribution in [0.1, 0.15) is 29.6 Å². The third-order valence-electron chi connectivity index (χ3n) is 3.73. The van der Waals surface area contributed by atoms with E-state index in [1.807, 2.05) is 0 Å². The molecule has 1 aliphatic carbocycles. The van der Waals surface area contributed by atoms with E-state index in [0.29, 0.717) is 18.0 Å². The summed E-state index contributed by atoms with van der Waals surface area (Å²) in [5.74, 6) is 0.357. The summed E-state index contributed by atoms with van der Waals surface area (Å²) in [5.41, 5.74) is 0.529. The van der Waals surface area contributed by atoms with Crippen molar-refractivity contribution in [2.24, 2.45) is 5.41 Å². The molecule has 2 rings (SSSR count). The number of rotatable bonds is 6. The maximum Gasteiger partial charge on any atom is 0.251 e. The maximum absolute atomic E-state index is 12.1. The van der Waals surface area contributed by atoms with Crippen LogP contribution in [-0.2, 0) is 9.84 Å². The fraction of sp³-hybridized carbons (Fsp3) is 0.500. The van der Waals surface area contributed by atoms with Crippen LogP contribution in [0.3, 0.4) is 0 Å². The number of alkyl halides is 1. The predicted molar refractivity (Wildman–Crippen MR) is 78.9 cm³/mol. The van der Waals surface area contributed by atoms with E-state index in [0.717, 1.165) is 25.5 Å². The Kier molecular flexibility index (Phi) is 4.39. The zero-order valence-electron chi connectivity index (χ0n) is 11.4. The SMILES string of the molecule is CS(=O)(=O)c1cccc(C(=O)NCC2(CCCl)CC2)c1. The van der Waals surface area contributed by atoms with Gasteiger partial charge < -0.3 is 5.32 Å². The second-order valence-corrected chi connectivity index (χ2v) is 7.82. The fourth-order valence-electron chi connectivity index (χ4n) is 2.13. The number of nitrogens with one attached hydrogen (secondary N) is 1. The van der Waals surface area contributed by atoms with Crippen molar-refractivity contribution in [3.63, 3.8) is 0 Å². The molecule has 0 atom stereocenters. The quantitative estimate of drug-likeness (QED) is 0.819. The lowest BCUT2D eigenvalue weighted by Gasteiger charge is -2.14. The molecule has 1 aliphatic rings. The van der Waals surface area contributed by atoms with Gasteiger partial charge in [-0.05, 0) is 42.9 Å². The molecule has 0 saturated heterocycles. The van der Waals surface area contributed by atoms with Crippen LogP contribution in [0.2, 0.25) is 0 Å².